The molecule has 0 atom stereocenters. The molecule has 0 heterocycles. The zero-order chi connectivity index (χ0) is 13.1. The van der Waals surface area contributed by atoms with Gasteiger partial charge >= 0.3 is 0 Å². The van der Waals surface area contributed by atoms with E-state index in [0.717, 1.165) is 19.6 Å². The van der Waals surface area contributed by atoms with Gasteiger partial charge in [-0.1, -0.05) is 48.9 Å². The summed E-state index contributed by atoms with van der Waals surface area (Å²) >= 11 is 0. The molecule has 0 bridgehead atoms. The second-order valence-corrected chi connectivity index (χ2v) is 5.80. The molecule has 1 saturated carbocycles. The highest BCUT2D eigenvalue weighted by Gasteiger charge is 2.34. The largest absolute Gasteiger partial charge is 0.330 e. The Labute approximate surface area is 115 Å². The van der Waals surface area contributed by atoms with Crippen molar-refractivity contribution in [1.29, 1.82) is 0 Å². The van der Waals surface area contributed by atoms with Crippen LogP contribution in [0.15, 0.2) is 42.5 Å². The van der Waals surface area contributed by atoms with Gasteiger partial charge in [-0.2, -0.15) is 0 Å². The molecule has 2 nitrogen and oxygen atoms in total. The zero-order valence-corrected chi connectivity index (χ0v) is 11.4. The summed E-state index contributed by atoms with van der Waals surface area (Å²) in [6.45, 7) is 2.80. The van der Waals surface area contributed by atoms with Gasteiger partial charge in [-0.05, 0) is 41.1 Å². The van der Waals surface area contributed by atoms with Crippen molar-refractivity contribution in [3.05, 3.63) is 48.0 Å². The summed E-state index contributed by atoms with van der Waals surface area (Å²) in [6, 6.07) is 15.1. The third-order valence-electron chi connectivity index (χ3n) is 4.54. The SMILES string of the molecule is NCC1(CNCc2cccc3ccccc23)CCC1. The minimum Gasteiger partial charge on any atom is -0.330 e. The number of nitrogens with two attached hydrogens (primary N) is 1. The smallest absolute Gasteiger partial charge is 0.0211 e. The number of nitrogens with one attached hydrogen (secondary N) is 1. The average molecular weight is 254 g/mol. The van der Waals surface area contributed by atoms with E-state index in [4.69, 9.17) is 5.73 Å². The molecule has 2 aromatic carbocycles. The fourth-order valence-electron chi connectivity index (χ4n) is 3.04. The van der Waals surface area contributed by atoms with Crippen LogP contribution in [-0.2, 0) is 6.54 Å². The van der Waals surface area contributed by atoms with Crippen LogP contribution in [-0.4, -0.2) is 13.1 Å². The van der Waals surface area contributed by atoms with Crippen molar-refractivity contribution >= 4 is 10.8 Å². The zero-order valence-electron chi connectivity index (χ0n) is 11.4. The Morgan fingerprint density at radius 2 is 1.84 bits per heavy atom. The summed E-state index contributed by atoms with van der Waals surface area (Å²) in [5.41, 5.74) is 7.66. The van der Waals surface area contributed by atoms with E-state index in [-0.39, 0.29) is 0 Å². The van der Waals surface area contributed by atoms with E-state index in [1.165, 1.54) is 35.6 Å². The second kappa shape index (κ2) is 5.32. The Morgan fingerprint density at radius 3 is 2.58 bits per heavy atom. The van der Waals surface area contributed by atoms with E-state index >= 15 is 0 Å². The van der Waals surface area contributed by atoms with Gasteiger partial charge < -0.3 is 11.1 Å². The number of rotatable bonds is 5. The number of fused-ring (bicyclic) bond motifs is 1. The molecule has 0 aliphatic heterocycles. The number of hydrogen-bond donors (Lipinski definition) is 2. The Bertz CT molecular complexity index is 547. The quantitative estimate of drug-likeness (QED) is 0.860. The molecule has 1 aliphatic rings. The van der Waals surface area contributed by atoms with Crippen LogP contribution in [0.25, 0.3) is 10.8 Å². The maximum atomic E-state index is 5.90. The molecule has 100 valence electrons. The second-order valence-electron chi connectivity index (χ2n) is 5.80. The molecule has 0 spiro atoms. The van der Waals surface area contributed by atoms with Gasteiger partial charge in [0.25, 0.3) is 0 Å². The minimum atomic E-state index is 0.380. The first kappa shape index (κ1) is 12.6. The van der Waals surface area contributed by atoms with Crippen molar-refractivity contribution in [3.8, 4) is 0 Å². The standard InChI is InChI=1S/C17H22N2/c18-12-17(9-4-10-17)13-19-11-15-7-3-6-14-5-1-2-8-16(14)15/h1-3,5-8,19H,4,9-13,18H2. The van der Waals surface area contributed by atoms with Crippen LogP contribution >= 0.6 is 0 Å². The first-order chi connectivity index (χ1) is 9.33. The van der Waals surface area contributed by atoms with Crippen molar-refractivity contribution in [2.24, 2.45) is 11.1 Å². The van der Waals surface area contributed by atoms with Gasteiger partial charge in [0.15, 0.2) is 0 Å². The number of hydrogen-bond acceptors (Lipinski definition) is 2. The lowest BCUT2D eigenvalue weighted by Gasteiger charge is -2.41. The lowest BCUT2D eigenvalue weighted by Crippen LogP contribution is -2.45. The molecule has 3 N–H and O–H groups in total. The molecule has 0 radical (unpaired) electrons. The maximum absolute atomic E-state index is 5.90. The Morgan fingerprint density at radius 1 is 1.05 bits per heavy atom. The van der Waals surface area contributed by atoms with Crippen LogP contribution in [0, 0.1) is 5.41 Å². The molecule has 2 heteroatoms. The minimum absolute atomic E-state index is 0.380. The third kappa shape index (κ3) is 2.51. The molecule has 0 amide bonds. The van der Waals surface area contributed by atoms with Crippen LogP contribution in [0.1, 0.15) is 24.8 Å². The predicted molar refractivity (Wildman–Crippen MR) is 81.0 cm³/mol. The topological polar surface area (TPSA) is 38.0 Å². The maximum Gasteiger partial charge on any atom is 0.0211 e. The predicted octanol–water partition coefficient (Wildman–Crippen LogP) is 3.06. The molecule has 3 rings (SSSR count). The molecule has 0 saturated heterocycles. The normalized spacial score (nSPS) is 17.3. The highest BCUT2D eigenvalue weighted by molar-refractivity contribution is 5.85. The van der Waals surface area contributed by atoms with Gasteiger partial charge in [0.05, 0.1) is 0 Å². The first-order valence-corrected chi connectivity index (χ1v) is 7.20. The van der Waals surface area contributed by atoms with Crippen molar-refractivity contribution in [3.63, 3.8) is 0 Å². The summed E-state index contributed by atoms with van der Waals surface area (Å²) < 4.78 is 0. The van der Waals surface area contributed by atoms with Crippen molar-refractivity contribution in [2.75, 3.05) is 13.1 Å². The summed E-state index contributed by atoms with van der Waals surface area (Å²) in [7, 11) is 0. The number of benzene rings is 2. The molecule has 1 aliphatic carbocycles. The monoisotopic (exact) mass is 254 g/mol. The summed E-state index contributed by atoms with van der Waals surface area (Å²) in [5.74, 6) is 0. The molecule has 2 aromatic rings. The van der Waals surface area contributed by atoms with Crippen LogP contribution in [0.4, 0.5) is 0 Å². The van der Waals surface area contributed by atoms with Crippen LogP contribution < -0.4 is 11.1 Å². The van der Waals surface area contributed by atoms with E-state index in [1.54, 1.807) is 0 Å². The fourth-order valence-corrected chi connectivity index (χ4v) is 3.04. The van der Waals surface area contributed by atoms with Crippen LogP contribution in [0.3, 0.4) is 0 Å². The van der Waals surface area contributed by atoms with Crippen molar-refractivity contribution in [1.82, 2.24) is 5.32 Å². The van der Waals surface area contributed by atoms with Crippen molar-refractivity contribution < 1.29 is 0 Å². The van der Waals surface area contributed by atoms with E-state index in [0.29, 0.717) is 5.41 Å². The van der Waals surface area contributed by atoms with Gasteiger partial charge in [0.1, 0.15) is 0 Å². The van der Waals surface area contributed by atoms with Gasteiger partial charge in [0, 0.05) is 13.1 Å². The first-order valence-electron chi connectivity index (χ1n) is 7.20. The molecule has 0 aromatic heterocycles. The van der Waals surface area contributed by atoms with Gasteiger partial charge in [-0.25, -0.2) is 0 Å². The third-order valence-corrected chi connectivity index (χ3v) is 4.54. The molecular formula is C17H22N2. The molecular weight excluding hydrogens is 232 g/mol. The fraction of sp³-hybridized carbons (Fsp3) is 0.412. The highest BCUT2D eigenvalue weighted by Crippen LogP contribution is 2.39. The van der Waals surface area contributed by atoms with Gasteiger partial charge in [0.2, 0.25) is 0 Å². The van der Waals surface area contributed by atoms with Crippen LogP contribution in [0.2, 0.25) is 0 Å². The van der Waals surface area contributed by atoms with Gasteiger partial charge in [-0.3, -0.25) is 0 Å². The summed E-state index contributed by atoms with van der Waals surface area (Å²) in [5, 5.41) is 6.28. The Hall–Kier alpha value is -1.38. The van der Waals surface area contributed by atoms with E-state index in [1.807, 2.05) is 0 Å². The molecule has 1 fully saturated rings. The molecule has 19 heavy (non-hydrogen) atoms. The average Bonchev–Trinajstić information content (AvgIpc) is 2.42. The molecule has 0 unspecified atom stereocenters. The Kier molecular flexibility index (Phi) is 3.54. The van der Waals surface area contributed by atoms with Crippen LogP contribution in [0.5, 0.6) is 0 Å². The lowest BCUT2D eigenvalue weighted by molar-refractivity contribution is 0.141. The summed E-state index contributed by atoms with van der Waals surface area (Å²) in [6.07, 6.45) is 3.91. The van der Waals surface area contributed by atoms with Gasteiger partial charge in [-0.15, -0.1) is 0 Å². The Balaban J connectivity index is 1.68. The highest BCUT2D eigenvalue weighted by atomic mass is 14.9. The lowest BCUT2D eigenvalue weighted by atomic mass is 9.69. The van der Waals surface area contributed by atoms with E-state index < -0.39 is 0 Å². The van der Waals surface area contributed by atoms with Crippen molar-refractivity contribution in [2.45, 2.75) is 25.8 Å². The van der Waals surface area contributed by atoms with E-state index in [2.05, 4.69) is 47.8 Å². The summed E-state index contributed by atoms with van der Waals surface area (Å²) in [4.78, 5) is 0. The van der Waals surface area contributed by atoms with E-state index in [9.17, 15) is 0 Å².